The van der Waals surface area contributed by atoms with Crippen molar-refractivity contribution in [3.05, 3.63) is 83.4 Å². The highest BCUT2D eigenvalue weighted by Gasteiger charge is 2.32. The number of alkyl halides is 3. The van der Waals surface area contributed by atoms with E-state index in [1.54, 1.807) is 0 Å². The molecule has 1 fully saturated rings. The molecule has 3 aromatic carbocycles. The van der Waals surface area contributed by atoms with Gasteiger partial charge in [-0.1, -0.05) is 36.8 Å². The fraction of sp³-hybridized carbons (Fsp3) is 0.323. The second-order valence-electron chi connectivity index (χ2n) is 9.79. The monoisotopic (exact) mass is 620 g/mol. The topological polar surface area (TPSA) is 110 Å². The maximum Gasteiger partial charge on any atom is 0.416 e. The first-order chi connectivity index (χ1) is 20.6. The summed E-state index contributed by atoms with van der Waals surface area (Å²) in [6.45, 7) is 3.98. The van der Waals surface area contributed by atoms with E-state index in [-0.39, 0.29) is 23.4 Å². The lowest BCUT2D eigenvalue weighted by Crippen LogP contribution is -2.28. The highest BCUT2D eigenvalue weighted by atomic mass is 32.1. The molecule has 43 heavy (non-hydrogen) atoms. The van der Waals surface area contributed by atoms with Gasteiger partial charge in [-0.05, 0) is 79.1 Å². The van der Waals surface area contributed by atoms with E-state index in [1.165, 1.54) is 0 Å². The van der Waals surface area contributed by atoms with Crippen LogP contribution in [0.4, 0.5) is 23.2 Å². The molecule has 7 nitrogen and oxygen atoms in total. The Bertz CT molecular complexity index is 1490. The smallest absolute Gasteiger partial charge is 0.400 e. The molecule has 0 aliphatic heterocycles. The second-order valence-corrected chi connectivity index (χ2v) is 9.79. The number of hydrogen-bond acceptors (Lipinski definition) is 6. The minimum atomic E-state index is -4.64. The zero-order valence-electron chi connectivity index (χ0n) is 24.2. The summed E-state index contributed by atoms with van der Waals surface area (Å²) in [4.78, 5) is 25.5. The van der Waals surface area contributed by atoms with Crippen molar-refractivity contribution in [3.8, 4) is 11.1 Å². The molecule has 4 N–H and O–H groups in total. The first-order valence-corrected chi connectivity index (χ1v) is 13.8. The van der Waals surface area contributed by atoms with Gasteiger partial charge in [0, 0.05) is 20.1 Å². The number of benzene rings is 3. The lowest BCUT2D eigenvalue weighted by molar-refractivity contribution is -0.137. The molecular formula is C31H36F4N4O3S. The van der Waals surface area contributed by atoms with Crippen molar-refractivity contribution in [2.75, 3.05) is 12.4 Å². The summed E-state index contributed by atoms with van der Waals surface area (Å²) < 4.78 is 54.7. The third-order valence-electron chi connectivity index (χ3n) is 7.42. The molecule has 4 aromatic rings. The maximum absolute atomic E-state index is 14.2. The number of nitrogens with zero attached hydrogens (tertiary/aromatic N) is 2. The van der Waals surface area contributed by atoms with E-state index in [4.69, 9.17) is 9.90 Å². The number of hydrogen-bond donors (Lipinski definition) is 4. The highest BCUT2D eigenvalue weighted by Crippen LogP contribution is 2.38. The molecule has 12 heteroatoms. The average Bonchev–Trinajstić information content (AvgIpc) is 3.32. The SMILES string of the molecule is C=O.CO.Cc1nc2cc(-c3ccc(C4CCCC(C(=O)Nc5ccc(C(F)(F)F)cc5F)C4)cc3)ccc2n1C.NS. The number of aliphatic hydroxyl groups excluding tert-OH is 1. The quantitative estimate of drug-likeness (QED) is 0.148. The van der Waals surface area contributed by atoms with Crippen LogP contribution in [0.1, 0.15) is 48.6 Å². The molecule has 5 rings (SSSR count). The molecular weight excluding hydrogens is 584 g/mol. The number of nitrogens with one attached hydrogen (secondary N) is 1. The number of imidazole rings is 1. The minimum absolute atomic E-state index is 0.178. The first kappa shape index (κ1) is 35.5. The zero-order valence-corrected chi connectivity index (χ0v) is 25.1. The Balaban J connectivity index is 0.00000101. The van der Waals surface area contributed by atoms with Crippen molar-refractivity contribution in [2.45, 2.75) is 44.7 Å². The molecule has 2 atom stereocenters. The average molecular weight is 621 g/mol. The summed E-state index contributed by atoms with van der Waals surface area (Å²) in [5.41, 5.74) is 4.02. The standard InChI is InChI=1S/C29H27F4N3O.CH4O.CH2O.H3NS/c1-17-34-26-15-21(10-13-27(26)36(17)2)19-8-6-18(7-9-19)20-4-3-5-22(14-20)28(37)35-25-12-11-23(16-24(25)30)29(31,32)33;3*1-2/h6-13,15-16,20,22H,3-5,14H2,1-2H3,(H,35,37);2H,1H3;1H2;2H,1H2. The molecule has 0 saturated heterocycles. The first-order valence-electron chi connectivity index (χ1n) is 13.3. The lowest BCUT2D eigenvalue weighted by atomic mass is 9.77. The van der Waals surface area contributed by atoms with Gasteiger partial charge in [0.2, 0.25) is 5.91 Å². The fourth-order valence-electron chi connectivity index (χ4n) is 5.21. The molecule has 0 bridgehead atoms. The lowest BCUT2D eigenvalue weighted by Gasteiger charge is -2.29. The Morgan fingerprint density at radius 2 is 1.65 bits per heavy atom. The number of carbonyl (C=O) groups excluding carboxylic acids is 2. The van der Waals surface area contributed by atoms with E-state index in [2.05, 4.69) is 75.3 Å². The number of rotatable bonds is 4. The van der Waals surface area contributed by atoms with Crippen LogP contribution in [0.2, 0.25) is 0 Å². The Labute approximate surface area is 253 Å². The van der Waals surface area contributed by atoms with Crippen molar-refractivity contribution in [1.29, 1.82) is 0 Å². The molecule has 2 unspecified atom stereocenters. The van der Waals surface area contributed by atoms with Crippen LogP contribution < -0.4 is 10.5 Å². The second kappa shape index (κ2) is 16.2. The van der Waals surface area contributed by atoms with E-state index in [9.17, 15) is 22.4 Å². The van der Waals surface area contributed by atoms with E-state index in [0.717, 1.165) is 65.6 Å². The number of aryl methyl sites for hydroxylation is 2. The van der Waals surface area contributed by atoms with Crippen LogP contribution in [-0.4, -0.2) is 34.5 Å². The third kappa shape index (κ3) is 8.65. The van der Waals surface area contributed by atoms with Crippen molar-refractivity contribution < 1.29 is 32.3 Å². The van der Waals surface area contributed by atoms with E-state index in [0.29, 0.717) is 18.9 Å². The van der Waals surface area contributed by atoms with Gasteiger partial charge in [0.25, 0.3) is 0 Å². The normalized spacial score (nSPS) is 16.0. The van der Waals surface area contributed by atoms with Crippen LogP contribution in [0.3, 0.4) is 0 Å². The minimum Gasteiger partial charge on any atom is -0.400 e. The van der Waals surface area contributed by atoms with E-state index in [1.807, 2.05) is 20.8 Å². The number of carbonyl (C=O) groups is 2. The predicted molar refractivity (Wildman–Crippen MR) is 164 cm³/mol. The third-order valence-corrected chi connectivity index (χ3v) is 7.42. The maximum atomic E-state index is 14.2. The van der Waals surface area contributed by atoms with E-state index >= 15 is 0 Å². The zero-order chi connectivity index (χ0) is 32.3. The molecule has 0 spiro atoms. The molecule has 232 valence electrons. The summed E-state index contributed by atoms with van der Waals surface area (Å²) in [5.74, 6) is -0.657. The molecule has 1 aliphatic rings. The van der Waals surface area contributed by atoms with Crippen LogP contribution in [0.15, 0.2) is 60.7 Å². The summed E-state index contributed by atoms with van der Waals surface area (Å²) in [6, 6.07) is 16.7. The molecule has 1 saturated carbocycles. The number of amides is 1. The van der Waals surface area contributed by atoms with Gasteiger partial charge in [-0.25, -0.2) is 9.37 Å². The van der Waals surface area contributed by atoms with Crippen molar-refractivity contribution in [3.63, 3.8) is 0 Å². The largest absolute Gasteiger partial charge is 0.416 e. The number of thiol groups is 1. The van der Waals surface area contributed by atoms with Gasteiger partial charge in [-0.3, -0.25) is 9.93 Å². The van der Waals surface area contributed by atoms with Gasteiger partial charge in [0.15, 0.2) is 0 Å². The number of fused-ring (bicyclic) bond motifs is 1. The van der Waals surface area contributed by atoms with Crippen LogP contribution >= 0.6 is 12.8 Å². The Morgan fingerprint density at radius 3 is 2.26 bits per heavy atom. The summed E-state index contributed by atoms with van der Waals surface area (Å²) in [5, 5.41) is 13.7. The number of aliphatic hydroxyl groups is 1. The Kier molecular flexibility index (Phi) is 13.4. The Morgan fingerprint density at radius 1 is 1.02 bits per heavy atom. The summed E-state index contributed by atoms with van der Waals surface area (Å²) in [7, 11) is 3.00. The van der Waals surface area contributed by atoms with E-state index < -0.39 is 17.6 Å². The molecule has 1 aromatic heterocycles. The van der Waals surface area contributed by atoms with Crippen LogP contribution in [0.5, 0.6) is 0 Å². The molecule has 0 radical (unpaired) electrons. The van der Waals surface area contributed by atoms with Crippen molar-refractivity contribution >= 4 is 42.2 Å². The van der Waals surface area contributed by atoms with Gasteiger partial charge in [-0.15, -0.1) is 12.8 Å². The summed E-state index contributed by atoms with van der Waals surface area (Å²) in [6.07, 6.45) is -1.59. The molecule has 1 heterocycles. The van der Waals surface area contributed by atoms with Crippen molar-refractivity contribution in [2.24, 2.45) is 18.1 Å². The fourth-order valence-corrected chi connectivity index (χ4v) is 5.21. The van der Waals surface area contributed by atoms with Gasteiger partial charge in [-0.2, -0.15) is 13.2 Å². The number of aromatic nitrogens is 2. The highest BCUT2D eigenvalue weighted by molar-refractivity contribution is 7.77. The van der Waals surface area contributed by atoms with Crippen molar-refractivity contribution in [1.82, 2.24) is 9.55 Å². The van der Waals surface area contributed by atoms with Gasteiger partial charge >= 0.3 is 6.18 Å². The van der Waals surface area contributed by atoms with Gasteiger partial charge < -0.3 is 19.8 Å². The number of halogens is 4. The molecule has 1 aliphatic carbocycles. The van der Waals surface area contributed by atoms with Crippen LogP contribution in [-0.2, 0) is 22.8 Å². The van der Waals surface area contributed by atoms with Crippen LogP contribution in [0, 0.1) is 18.7 Å². The molecule has 1 amide bonds. The summed E-state index contributed by atoms with van der Waals surface area (Å²) >= 11 is 3.03. The Hall–Kier alpha value is -3.74. The predicted octanol–water partition coefficient (Wildman–Crippen LogP) is 6.83. The van der Waals surface area contributed by atoms with Gasteiger partial charge in [0.05, 0.1) is 22.3 Å². The van der Waals surface area contributed by atoms with Gasteiger partial charge in [0.1, 0.15) is 18.4 Å². The van der Waals surface area contributed by atoms with Crippen LogP contribution in [0.25, 0.3) is 22.2 Å². The number of nitrogens with two attached hydrogens (primary N) is 1. The number of anilines is 1.